The minimum Gasteiger partial charge on any atom is -0.478 e. The number of aryl methyl sites for hydroxylation is 1. The number of rotatable bonds is 4. The van der Waals surface area contributed by atoms with Crippen molar-refractivity contribution in [1.82, 2.24) is 9.78 Å². The van der Waals surface area contributed by atoms with Gasteiger partial charge in [0.15, 0.2) is 0 Å². The highest BCUT2D eigenvalue weighted by Gasteiger charge is 2.21. The molecule has 1 aromatic heterocycles. The molecule has 0 spiro atoms. The van der Waals surface area contributed by atoms with Crippen LogP contribution in [0.2, 0.25) is 0 Å². The van der Waals surface area contributed by atoms with E-state index in [4.69, 9.17) is 5.11 Å². The van der Waals surface area contributed by atoms with Gasteiger partial charge in [-0.15, -0.1) is 0 Å². The summed E-state index contributed by atoms with van der Waals surface area (Å²) >= 11 is 0. The van der Waals surface area contributed by atoms with E-state index in [2.05, 4.69) is 5.10 Å². The molecule has 2 aromatic rings. The van der Waals surface area contributed by atoms with Crippen molar-refractivity contribution in [2.24, 2.45) is 0 Å². The molecule has 0 saturated carbocycles. The van der Waals surface area contributed by atoms with Crippen molar-refractivity contribution in [2.75, 3.05) is 0 Å². The van der Waals surface area contributed by atoms with Gasteiger partial charge in [-0.1, -0.05) is 6.92 Å². The van der Waals surface area contributed by atoms with Crippen molar-refractivity contribution in [3.8, 4) is 5.69 Å². The van der Waals surface area contributed by atoms with Crippen LogP contribution in [0, 0.1) is 24.0 Å². The molecular weight excluding hydrogens is 274 g/mol. The number of nitro benzene ring substituents is 1. The van der Waals surface area contributed by atoms with Crippen molar-refractivity contribution in [2.45, 2.75) is 27.2 Å². The molecule has 7 heteroatoms. The van der Waals surface area contributed by atoms with Crippen molar-refractivity contribution in [3.63, 3.8) is 0 Å². The van der Waals surface area contributed by atoms with E-state index >= 15 is 0 Å². The number of nitrogens with zero attached hydrogens (tertiary/aromatic N) is 3. The Labute approximate surface area is 121 Å². The molecule has 0 bridgehead atoms. The second-order valence-electron chi connectivity index (χ2n) is 4.68. The van der Waals surface area contributed by atoms with Gasteiger partial charge in [0.1, 0.15) is 5.69 Å². The van der Waals surface area contributed by atoms with Crippen molar-refractivity contribution >= 4 is 11.7 Å². The third kappa shape index (κ3) is 2.49. The van der Waals surface area contributed by atoms with Crippen LogP contribution in [0.5, 0.6) is 0 Å². The number of hydrogen-bond donors (Lipinski definition) is 1. The van der Waals surface area contributed by atoms with Gasteiger partial charge in [0.2, 0.25) is 0 Å². The maximum absolute atomic E-state index is 11.2. The van der Waals surface area contributed by atoms with E-state index in [0.717, 1.165) is 23.4 Å². The molecule has 0 unspecified atom stereocenters. The topological polar surface area (TPSA) is 98.3 Å². The van der Waals surface area contributed by atoms with E-state index < -0.39 is 10.9 Å². The second kappa shape index (κ2) is 5.35. The average Bonchev–Trinajstić information content (AvgIpc) is 2.72. The first kappa shape index (κ1) is 14.7. The predicted octanol–water partition coefficient (Wildman–Crippen LogP) is 2.66. The molecule has 110 valence electrons. The van der Waals surface area contributed by atoms with Crippen LogP contribution in [0.3, 0.4) is 0 Å². The normalized spacial score (nSPS) is 10.6. The van der Waals surface area contributed by atoms with Gasteiger partial charge in [-0.3, -0.25) is 10.1 Å². The van der Waals surface area contributed by atoms with Crippen LogP contribution in [0.1, 0.15) is 34.2 Å². The van der Waals surface area contributed by atoms with Gasteiger partial charge >= 0.3 is 5.97 Å². The molecule has 0 aliphatic carbocycles. The average molecular weight is 289 g/mol. The number of carbonyl (C=O) groups is 1. The number of hydrogen-bond acceptors (Lipinski definition) is 4. The molecule has 1 N–H and O–H groups in total. The third-order valence-corrected chi connectivity index (χ3v) is 3.44. The molecule has 7 nitrogen and oxygen atoms in total. The first-order valence-electron chi connectivity index (χ1n) is 6.44. The van der Waals surface area contributed by atoms with Crippen LogP contribution < -0.4 is 0 Å². The van der Waals surface area contributed by atoms with Crippen LogP contribution in [-0.2, 0) is 6.42 Å². The molecule has 2 rings (SSSR count). The summed E-state index contributed by atoms with van der Waals surface area (Å²) in [5, 5.41) is 24.5. The Balaban J connectivity index is 2.74. The van der Waals surface area contributed by atoms with Crippen LogP contribution in [-0.4, -0.2) is 25.8 Å². The lowest BCUT2D eigenvalue weighted by Gasteiger charge is -2.07. The Hall–Kier alpha value is -2.70. The summed E-state index contributed by atoms with van der Waals surface area (Å²) in [5.41, 5.74) is 2.55. The van der Waals surface area contributed by atoms with E-state index in [9.17, 15) is 14.9 Å². The monoisotopic (exact) mass is 289 g/mol. The zero-order valence-electron chi connectivity index (χ0n) is 12.0. The molecule has 0 radical (unpaired) electrons. The van der Waals surface area contributed by atoms with Crippen molar-refractivity contribution in [3.05, 3.63) is 50.8 Å². The van der Waals surface area contributed by atoms with Gasteiger partial charge in [0.05, 0.1) is 16.2 Å². The van der Waals surface area contributed by atoms with Gasteiger partial charge in [-0.25, -0.2) is 9.48 Å². The number of carboxylic acid groups (broad SMARTS) is 1. The number of nitro groups is 1. The fraction of sp³-hybridized carbons (Fsp3) is 0.286. The summed E-state index contributed by atoms with van der Waals surface area (Å²) in [6, 6.07) is 3.69. The molecule has 0 aliphatic rings. The van der Waals surface area contributed by atoms with E-state index in [1.165, 1.54) is 22.9 Å². The highest BCUT2D eigenvalue weighted by molar-refractivity contribution is 5.89. The summed E-state index contributed by atoms with van der Waals surface area (Å²) in [6.07, 6.45) is 0.754. The standard InChI is InChI=1S/C14H15N3O4/c1-4-11-8(2)15-16(9(11)3)13-7-10(14(18)19)5-6-12(13)17(20)21/h5-7H,4H2,1-3H3,(H,18,19). The fourth-order valence-electron chi connectivity index (χ4n) is 2.40. The SMILES string of the molecule is CCc1c(C)nn(-c2cc(C(=O)O)ccc2[N+](=O)[O-])c1C. The predicted molar refractivity (Wildman–Crippen MR) is 76.0 cm³/mol. The molecule has 21 heavy (non-hydrogen) atoms. The minimum atomic E-state index is -1.14. The summed E-state index contributed by atoms with van der Waals surface area (Å²) < 4.78 is 1.44. The van der Waals surface area contributed by atoms with E-state index in [0.29, 0.717) is 0 Å². The highest BCUT2D eigenvalue weighted by atomic mass is 16.6. The van der Waals surface area contributed by atoms with Gasteiger partial charge in [-0.2, -0.15) is 5.10 Å². The summed E-state index contributed by atoms with van der Waals surface area (Å²) in [4.78, 5) is 21.7. The van der Waals surface area contributed by atoms with Gasteiger partial charge in [0.25, 0.3) is 5.69 Å². The Bertz CT molecular complexity index is 734. The number of carboxylic acids is 1. The van der Waals surface area contributed by atoms with Crippen LogP contribution in [0.4, 0.5) is 5.69 Å². The summed E-state index contributed by atoms with van der Waals surface area (Å²) in [5.74, 6) is -1.14. The first-order chi connectivity index (χ1) is 9.86. The van der Waals surface area contributed by atoms with Gasteiger partial charge < -0.3 is 5.11 Å². The zero-order chi connectivity index (χ0) is 15.7. The Morgan fingerprint density at radius 1 is 1.43 bits per heavy atom. The van der Waals surface area contributed by atoms with Gasteiger partial charge in [-0.05, 0) is 38.0 Å². The molecular formula is C14H15N3O4. The second-order valence-corrected chi connectivity index (χ2v) is 4.68. The minimum absolute atomic E-state index is 0.0128. The highest BCUT2D eigenvalue weighted by Crippen LogP contribution is 2.27. The molecule has 0 saturated heterocycles. The lowest BCUT2D eigenvalue weighted by atomic mass is 10.1. The van der Waals surface area contributed by atoms with Crippen LogP contribution >= 0.6 is 0 Å². The molecule has 0 aliphatic heterocycles. The van der Waals surface area contributed by atoms with E-state index in [1.54, 1.807) is 0 Å². The zero-order valence-corrected chi connectivity index (χ0v) is 12.0. The smallest absolute Gasteiger partial charge is 0.335 e. The van der Waals surface area contributed by atoms with Crippen LogP contribution in [0.25, 0.3) is 5.69 Å². The third-order valence-electron chi connectivity index (χ3n) is 3.44. The van der Waals surface area contributed by atoms with Gasteiger partial charge in [0, 0.05) is 11.8 Å². The van der Waals surface area contributed by atoms with Crippen molar-refractivity contribution < 1.29 is 14.8 Å². The lowest BCUT2D eigenvalue weighted by molar-refractivity contribution is -0.384. The van der Waals surface area contributed by atoms with Crippen molar-refractivity contribution in [1.29, 1.82) is 0 Å². The Kier molecular flexibility index (Phi) is 3.75. The molecule has 1 heterocycles. The molecule has 0 atom stereocenters. The first-order valence-corrected chi connectivity index (χ1v) is 6.44. The molecule has 0 fully saturated rings. The summed E-state index contributed by atoms with van der Waals surface area (Å²) in [7, 11) is 0. The molecule has 0 amide bonds. The summed E-state index contributed by atoms with van der Waals surface area (Å²) in [6.45, 7) is 5.62. The van der Waals surface area contributed by atoms with E-state index in [-0.39, 0.29) is 16.9 Å². The Morgan fingerprint density at radius 2 is 2.10 bits per heavy atom. The van der Waals surface area contributed by atoms with E-state index in [1.807, 2.05) is 20.8 Å². The quantitative estimate of drug-likeness (QED) is 0.689. The lowest BCUT2D eigenvalue weighted by Crippen LogP contribution is -2.06. The maximum Gasteiger partial charge on any atom is 0.335 e. The number of aromatic carboxylic acids is 1. The maximum atomic E-state index is 11.2. The number of aromatic nitrogens is 2. The largest absolute Gasteiger partial charge is 0.478 e. The Morgan fingerprint density at radius 3 is 2.57 bits per heavy atom. The number of benzene rings is 1. The molecule has 1 aromatic carbocycles. The van der Waals surface area contributed by atoms with Crippen LogP contribution in [0.15, 0.2) is 18.2 Å². The fourth-order valence-corrected chi connectivity index (χ4v) is 2.40.